The van der Waals surface area contributed by atoms with Gasteiger partial charge in [-0.3, -0.25) is 9.59 Å². The van der Waals surface area contributed by atoms with Crippen LogP contribution >= 0.6 is 0 Å². The van der Waals surface area contributed by atoms with Gasteiger partial charge in [0.15, 0.2) is 6.10 Å². The molecule has 0 heterocycles. The number of unbranched alkanes of at least 4 members (excludes halogenated alkanes) is 36. The molecule has 0 spiro atoms. The summed E-state index contributed by atoms with van der Waals surface area (Å²) in [6.45, 7) is 4.04. The van der Waals surface area contributed by atoms with E-state index >= 15 is 0 Å². The van der Waals surface area contributed by atoms with Crippen molar-refractivity contribution in [3.8, 4) is 0 Å². The summed E-state index contributed by atoms with van der Waals surface area (Å²) in [7, 11) is 0. The van der Waals surface area contributed by atoms with Gasteiger partial charge in [-0.1, -0.05) is 281 Å². The van der Waals surface area contributed by atoms with E-state index in [0.29, 0.717) is 12.8 Å². The average molecular weight is 898 g/mol. The smallest absolute Gasteiger partial charge is 0.306 e. The zero-order valence-electron chi connectivity index (χ0n) is 42.8. The number of hydrogen-bond acceptors (Lipinski definition) is 5. The van der Waals surface area contributed by atoms with Crippen LogP contribution < -0.4 is 0 Å². The predicted octanol–water partition coefficient (Wildman–Crippen LogP) is 18.9. The Hall–Kier alpha value is -2.14. The van der Waals surface area contributed by atoms with E-state index in [9.17, 15) is 14.7 Å². The highest BCUT2D eigenvalue weighted by Gasteiger charge is 2.16. The average Bonchev–Trinajstić information content (AvgIpc) is 3.30. The van der Waals surface area contributed by atoms with E-state index in [4.69, 9.17) is 9.47 Å². The molecule has 1 atom stereocenters. The Morgan fingerprint density at radius 3 is 1.02 bits per heavy atom. The number of hydrogen-bond donors (Lipinski definition) is 1. The molecule has 64 heavy (non-hydrogen) atoms. The number of esters is 2. The third-order valence-electron chi connectivity index (χ3n) is 12.6. The van der Waals surface area contributed by atoms with Crippen molar-refractivity contribution in [2.45, 2.75) is 302 Å². The highest BCUT2D eigenvalue weighted by atomic mass is 16.6. The molecule has 0 aromatic carbocycles. The lowest BCUT2D eigenvalue weighted by molar-refractivity contribution is -0.161. The number of aliphatic hydroxyl groups is 1. The van der Waals surface area contributed by atoms with Gasteiger partial charge in [-0.05, 0) is 51.4 Å². The monoisotopic (exact) mass is 897 g/mol. The summed E-state index contributed by atoms with van der Waals surface area (Å²) in [4.78, 5) is 24.4. The Labute approximate surface area is 398 Å². The SMILES string of the molecule is CC/C=C\C/C=C\C/C=C\C/C=C\CCCCCCCCCCCCCCCCCCCCCCCCCCCCC(=O)OC(CO)COC(=O)CCCCCCCCCCCCC. The minimum atomic E-state index is -0.766. The van der Waals surface area contributed by atoms with Crippen LogP contribution in [0.15, 0.2) is 48.6 Å². The van der Waals surface area contributed by atoms with Gasteiger partial charge in [0.1, 0.15) is 6.61 Å². The van der Waals surface area contributed by atoms with Crippen molar-refractivity contribution in [1.29, 1.82) is 0 Å². The molecule has 0 rings (SSSR count). The van der Waals surface area contributed by atoms with Crippen LogP contribution in [0.4, 0.5) is 0 Å². The van der Waals surface area contributed by atoms with E-state index in [0.717, 1.165) is 64.2 Å². The van der Waals surface area contributed by atoms with Crippen molar-refractivity contribution in [2.75, 3.05) is 13.2 Å². The van der Waals surface area contributed by atoms with Crippen molar-refractivity contribution >= 4 is 11.9 Å². The van der Waals surface area contributed by atoms with Crippen molar-refractivity contribution in [1.82, 2.24) is 0 Å². The van der Waals surface area contributed by atoms with Crippen LogP contribution in [0.1, 0.15) is 296 Å². The van der Waals surface area contributed by atoms with Crippen LogP contribution in [0.5, 0.6) is 0 Å². The maximum atomic E-state index is 12.3. The Bertz CT molecular complexity index is 1060. The molecule has 0 fully saturated rings. The topological polar surface area (TPSA) is 72.8 Å². The summed E-state index contributed by atoms with van der Waals surface area (Å²) in [5.41, 5.74) is 0. The summed E-state index contributed by atoms with van der Waals surface area (Å²) >= 11 is 0. The van der Waals surface area contributed by atoms with Gasteiger partial charge in [0.2, 0.25) is 0 Å². The van der Waals surface area contributed by atoms with Gasteiger partial charge < -0.3 is 14.6 Å². The normalized spacial score (nSPS) is 12.5. The molecule has 0 radical (unpaired) electrons. The van der Waals surface area contributed by atoms with Gasteiger partial charge in [0, 0.05) is 12.8 Å². The first kappa shape index (κ1) is 61.9. The maximum Gasteiger partial charge on any atom is 0.306 e. The van der Waals surface area contributed by atoms with Crippen LogP contribution in [-0.4, -0.2) is 36.4 Å². The minimum absolute atomic E-state index is 0.0595. The molecule has 0 aromatic rings. The van der Waals surface area contributed by atoms with Crippen LogP contribution in [0.3, 0.4) is 0 Å². The van der Waals surface area contributed by atoms with Gasteiger partial charge in [-0.25, -0.2) is 0 Å². The van der Waals surface area contributed by atoms with E-state index in [2.05, 4.69) is 62.5 Å². The lowest BCUT2D eigenvalue weighted by atomic mass is 10.0. The molecule has 0 amide bonds. The van der Waals surface area contributed by atoms with Gasteiger partial charge in [-0.15, -0.1) is 0 Å². The zero-order chi connectivity index (χ0) is 46.3. The maximum absolute atomic E-state index is 12.3. The molecule has 0 saturated heterocycles. The number of ether oxygens (including phenoxy) is 2. The summed E-state index contributed by atoms with van der Waals surface area (Å²) in [5.74, 6) is -0.576. The fourth-order valence-electron chi connectivity index (χ4n) is 8.43. The van der Waals surface area contributed by atoms with Crippen molar-refractivity contribution in [2.24, 2.45) is 0 Å². The number of aliphatic hydroxyl groups excluding tert-OH is 1. The third-order valence-corrected chi connectivity index (χ3v) is 12.6. The molecule has 5 nitrogen and oxygen atoms in total. The van der Waals surface area contributed by atoms with E-state index in [-0.39, 0.29) is 25.2 Å². The van der Waals surface area contributed by atoms with Crippen molar-refractivity contribution in [3.63, 3.8) is 0 Å². The second-order valence-electron chi connectivity index (χ2n) is 19.0. The third kappa shape index (κ3) is 52.5. The Morgan fingerprint density at radius 2 is 0.672 bits per heavy atom. The molecular weight excluding hydrogens is 789 g/mol. The van der Waals surface area contributed by atoms with Gasteiger partial charge in [0.25, 0.3) is 0 Å². The molecular formula is C59H108O5. The molecule has 0 aliphatic carbocycles. The van der Waals surface area contributed by atoms with E-state index < -0.39 is 6.10 Å². The Kier molecular flexibility index (Phi) is 53.3. The van der Waals surface area contributed by atoms with Crippen LogP contribution in [0.2, 0.25) is 0 Å². The molecule has 5 heteroatoms. The van der Waals surface area contributed by atoms with Crippen molar-refractivity contribution in [3.05, 3.63) is 48.6 Å². The van der Waals surface area contributed by atoms with Crippen molar-refractivity contribution < 1.29 is 24.2 Å². The highest BCUT2D eigenvalue weighted by Crippen LogP contribution is 2.17. The zero-order valence-corrected chi connectivity index (χ0v) is 42.8. The summed E-state index contributed by atoms with van der Waals surface area (Å²) in [6, 6.07) is 0. The summed E-state index contributed by atoms with van der Waals surface area (Å²) in [6.07, 6.45) is 72.6. The molecule has 0 aliphatic heterocycles. The number of carbonyl (C=O) groups is 2. The number of allylic oxidation sites excluding steroid dienone is 8. The molecule has 0 bridgehead atoms. The van der Waals surface area contributed by atoms with Gasteiger partial charge in [-0.2, -0.15) is 0 Å². The number of rotatable bonds is 52. The Balaban J connectivity index is 3.35. The summed E-state index contributed by atoms with van der Waals surface area (Å²) in [5, 5.41) is 9.60. The van der Waals surface area contributed by atoms with Gasteiger partial charge in [0.05, 0.1) is 6.61 Å². The second kappa shape index (κ2) is 55.2. The first-order valence-electron chi connectivity index (χ1n) is 28.2. The minimum Gasteiger partial charge on any atom is -0.462 e. The van der Waals surface area contributed by atoms with E-state index in [1.165, 1.54) is 205 Å². The molecule has 1 unspecified atom stereocenters. The second-order valence-corrected chi connectivity index (χ2v) is 19.0. The fourth-order valence-corrected chi connectivity index (χ4v) is 8.43. The first-order valence-corrected chi connectivity index (χ1v) is 28.2. The fraction of sp³-hybridized carbons (Fsp3) is 0.831. The first-order chi connectivity index (χ1) is 31.6. The number of carbonyl (C=O) groups excluding carboxylic acids is 2. The molecule has 374 valence electrons. The lowest BCUT2D eigenvalue weighted by Crippen LogP contribution is -2.28. The molecule has 0 saturated carbocycles. The van der Waals surface area contributed by atoms with Crippen LogP contribution in [-0.2, 0) is 19.1 Å². The molecule has 1 N–H and O–H groups in total. The van der Waals surface area contributed by atoms with E-state index in [1.54, 1.807) is 0 Å². The quantitative estimate of drug-likeness (QED) is 0.0374. The molecule has 0 aromatic heterocycles. The lowest BCUT2D eigenvalue weighted by Gasteiger charge is -2.15. The highest BCUT2D eigenvalue weighted by molar-refractivity contribution is 5.70. The standard InChI is InChI=1S/C59H108O5/c1-3-5-7-9-11-13-15-16-17-18-19-20-21-22-23-24-25-26-27-28-29-30-31-32-33-34-35-36-37-38-39-40-41-42-44-46-48-50-52-54-59(62)64-57(55-60)56-63-58(61)53-51-49-47-45-43-14-12-10-8-6-4-2/h5,7,11,13,16-17,19-20,57,60H,3-4,6,8-10,12,14-15,18,21-56H2,1-2H3/b7-5-,13-11-,17-16-,20-19-. The van der Waals surface area contributed by atoms with Crippen LogP contribution in [0.25, 0.3) is 0 Å². The Morgan fingerprint density at radius 1 is 0.375 bits per heavy atom. The van der Waals surface area contributed by atoms with Crippen LogP contribution in [0, 0.1) is 0 Å². The predicted molar refractivity (Wildman–Crippen MR) is 279 cm³/mol. The van der Waals surface area contributed by atoms with Gasteiger partial charge >= 0.3 is 11.9 Å². The summed E-state index contributed by atoms with van der Waals surface area (Å²) < 4.78 is 10.7. The van der Waals surface area contributed by atoms with E-state index in [1.807, 2.05) is 0 Å². The largest absolute Gasteiger partial charge is 0.462 e. The molecule has 0 aliphatic rings.